The van der Waals surface area contributed by atoms with Crippen LogP contribution in [0, 0.1) is 0 Å². The molecule has 0 unspecified atom stereocenters. The van der Waals surface area contributed by atoms with E-state index in [0.29, 0.717) is 5.92 Å². The van der Waals surface area contributed by atoms with Crippen molar-refractivity contribution in [2.24, 2.45) is 0 Å². The first kappa shape index (κ1) is 10.7. The average Bonchev–Trinajstić information content (AvgIpc) is 2.16. The number of methoxy groups -OCH3 is 1. The first-order valence-corrected chi connectivity index (χ1v) is 5.79. The van der Waals surface area contributed by atoms with Gasteiger partial charge in [0.15, 0.2) is 0 Å². The smallest absolute Gasteiger partial charge is 0.133 e. The molecule has 13 heavy (non-hydrogen) atoms. The molecule has 1 aromatic carbocycles. The molecule has 3 heteroatoms. The summed E-state index contributed by atoms with van der Waals surface area (Å²) < 4.78 is 5.17. The van der Waals surface area contributed by atoms with Crippen molar-refractivity contribution >= 4 is 21.7 Å². The Hall–Kier alpha value is -0.340. The van der Waals surface area contributed by atoms with Gasteiger partial charge in [0.05, 0.1) is 12.0 Å². The fourth-order valence-electron chi connectivity index (χ4n) is 1.11. The van der Waals surface area contributed by atoms with Crippen LogP contribution in [0.1, 0.15) is 25.3 Å². The number of benzene rings is 1. The maximum atomic E-state index is 5.72. The van der Waals surface area contributed by atoms with E-state index in [1.165, 1.54) is 16.5 Å². The van der Waals surface area contributed by atoms with Crippen LogP contribution in [0.15, 0.2) is 23.1 Å². The van der Waals surface area contributed by atoms with Gasteiger partial charge in [0.1, 0.15) is 5.75 Å². The molecular formula is C10H13ClOS. The van der Waals surface area contributed by atoms with Crippen LogP contribution in [0.2, 0.25) is 0 Å². The molecule has 1 nitrogen and oxygen atoms in total. The molecule has 0 spiro atoms. The molecule has 0 fully saturated rings. The summed E-state index contributed by atoms with van der Waals surface area (Å²) in [6.45, 7) is 4.31. The lowest BCUT2D eigenvalue weighted by Gasteiger charge is -2.09. The molecule has 0 aliphatic heterocycles. The second-order valence-electron chi connectivity index (χ2n) is 3.14. The zero-order valence-electron chi connectivity index (χ0n) is 8.00. The van der Waals surface area contributed by atoms with E-state index in [1.807, 2.05) is 6.07 Å². The van der Waals surface area contributed by atoms with E-state index in [9.17, 15) is 0 Å². The van der Waals surface area contributed by atoms with Crippen LogP contribution in [-0.4, -0.2) is 7.11 Å². The predicted molar refractivity (Wildman–Crippen MR) is 58.8 cm³/mol. The highest BCUT2D eigenvalue weighted by Crippen LogP contribution is 2.34. The van der Waals surface area contributed by atoms with E-state index in [0.717, 1.165) is 10.6 Å². The molecule has 1 aromatic rings. The van der Waals surface area contributed by atoms with Crippen molar-refractivity contribution in [2.75, 3.05) is 7.11 Å². The Labute approximate surface area is 87.9 Å². The van der Waals surface area contributed by atoms with Crippen LogP contribution < -0.4 is 4.74 Å². The third-order valence-electron chi connectivity index (χ3n) is 1.94. The average molecular weight is 217 g/mol. The second kappa shape index (κ2) is 4.77. The fraction of sp³-hybridized carbons (Fsp3) is 0.400. The van der Waals surface area contributed by atoms with Gasteiger partial charge in [-0.25, -0.2) is 0 Å². The van der Waals surface area contributed by atoms with Crippen molar-refractivity contribution < 1.29 is 4.74 Å². The Morgan fingerprint density at radius 1 is 1.38 bits per heavy atom. The second-order valence-corrected chi connectivity index (χ2v) is 4.20. The molecule has 0 radical (unpaired) electrons. The molecule has 0 atom stereocenters. The van der Waals surface area contributed by atoms with Crippen molar-refractivity contribution in [3.63, 3.8) is 0 Å². The Morgan fingerprint density at radius 3 is 2.54 bits per heavy atom. The molecule has 0 aliphatic carbocycles. The van der Waals surface area contributed by atoms with Gasteiger partial charge >= 0.3 is 0 Å². The highest BCUT2D eigenvalue weighted by atomic mass is 35.7. The van der Waals surface area contributed by atoms with Crippen molar-refractivity contribution in [3.8, 4) is 5.75 Å². The van der Waals surface area contributed by atoms with Crippen LogP contribution in [-0.2, 0) is 0 Å². The molecule has 0 N–H and O–H groups in total. The zero-order valence-corrected chi connectivity index (χ0v) is 9.58. The summed E-state index contributed by atoms with van der Waals surface area (Å²) >= 11 is 0. The molecule has 0 bridgehead atoms. The summed E-state index contributed by atoms with van der Waals surface area (Å²) in [6.07, 6.45) is 0. The first-order valence-electron chi connectivity index (χ1n) is 4.15. The van der Waals surface area contributed by atoms with Crippen LogP contribution >= 0.6 is 21.7 Å². The maximum absolute atomic E-state index is 5.72. The van der Waals surface area contributed by atoms with Gasteiger partial charge in [0.25, 0.3) is 0 Å². The van der Waals surface area contributed by atoms with E-state index in [2.05, 4.69) is 26.0 Å². The predicted octanol–water partition coefficient (Wildman–Crippen LogP) is 4.06. The van der Waals surface area contributed by atoms with E-state index in [-0.39, 0.29) is 0 Å². The molecule has 0 saturated heterocycles. The largest absolute Gasteiger partial charge is 0.496 e. The first-order chi connectivity index (χ1) is 6.19. The van der Waals surface area contributed by atoms with Crippen LogP contribution in [0.5, 0.6) is 5.75 Å². The summed E-state index contributed by atoms with van der Waals surface area (Å²) in [6, 6.07) is 6.10. The Morgan fingerprint density at radius 2 is 2.08 bits per heavy atom. The lowest BCUT2D eigenvalue weighted by molar-refractivity contribution is 0.404. The summed E-state index contributed by atoms with van der Waals surface area (Å²) in [5, 5.41) is 0. The third kappa shape index (κ3) is 2.55. The normalized spacial score (nSPS) is 10.5. The Balaban J connectivity index is 3.05. The lowest BCUT2D eigenvalue weighted by atomic mass is 10.0. The number of rotatable bonds is 3. The van der Waals surface area contributed by atoms with E-state index < -0.39 is 0 Å². The summed E-state index contributed by atoms with van der Waals surface area (Å²) in [5.74, 6) is 1.36. The highest BCUT2D eigenvalue weighted by Gasteiger charge is 2.06. The lowest BCUT2D eigenvalue weighted by Crippen LogP contribution is -1.90. The molecule has 0 heterocycles. The van der Waals surface area contributed by atoms with Gasteiger partial charge in [0.2, 0.25) is 0 Å². The molecule has 0 amide bonds. The molecular weight excluding hydrogens is 204 g/mol. The van der Waals surface area contributed by atoms with Gasteiger partial charge in [-0.15, -0.1) is 0 Å². The van der Waals surface area contributed by atoms with Crippen LogP contribution in [0.4, 0.5) is 0 Å². The number of halogens is 1. The minimum Gasteiger partial charge on any atom is -0.496 e. The van der Waals surface area contributed by atoms with Crippen molar-refractivity contribution in [1.29, 1.82) is 0 Å². The number of hydrogen-bond acceptors (Lipinski definition) is 2. The minimum absolute atomic E-state index is 0.522. The molecule has 1 rings (SSSR count). The van der Waals surface area contributed by atoms with Gasteiger partial charge < -0.3 is 4.74 Å². The molecule has 0 saturated carbocycles. The van der Waals surface area contributed by atoms with E-state index in [4.69, 9.17) is 15.4 Å². The highest BCUT2D eigenvalue weighted by molar-refractivity contribution is 8.21. The maximum Gasteiger partial charge on any atom is 0.133 e. The fourth-order valence-corrected chi connectivity index (χ4v) is 1.88. The van der Waals surface area contributed by atoms with Crippen molar-refractivity contribution in [3.05, 3.63) is 23.8 Å². The summed E-state index contributed by atoms with van der Waals surface area (Å²) in [5.41, 5.74) is 1.28. The summed E-state index contributed by atoms with van der Waals surface area (Å²) in [7, 11) is 8.58. The number of ether oxygens (including phenoxy) is 1. The Kier molecular flexibility index (Phi) is 3.94. The van der Waals surface area contributed by atoms with Gasteiger partial charge in [-0.3, -0.25) is 0 Å². The van der Waals surface area contributed by atoms with Crippen molar-refractivity contribution in [2.45, 2.75) is 24.7 Å². The Bertz CT molecular complexity index is 286. The SMILES string of the molecule is COc1ccc(C(C)C)cc1SCl. The summed E-state index contributed by atoms with van der Waals surface area (Å²) in [4.78, 5) is 0.982. The zero-order chi connectivity index (χ0) is 9.84. The van der Waals surface area contributed by atoms with Crippen molar-refractivity contribution in [1.82, 2.24) is 0 Å². The van der Waals surface area contributed by atoms with E-state index in [1.54, 1.807) is 7.11 Å². The van der Waals surface area contributed by atoms with Crippen LogP contribution in [0.3, 0.4) is 0 Å². The molecule has 72 valence electrons. The molecule has 0 aromatic heterocycles. The van der Waals surface area contributed by atoms with Gasteiger partial charge in [-0.1, -0.05) is 19.9 Å². The number of hydrogen-bond donors (Lipinski definition) is 0. The van der Waals surface area contributed by atoms with Gasteiger partial charge in [0, 0.05) is 0 Å². The van der Waals surface area contributed by atoms with Gasteiger partial charge in [-0.05, 0) is 45.3 Å². The topological polar surface area (TPSA) is 9.23 Å². The quantitative estimate of drug-likeness (QED) is 0.754. The standard InChI is InChI=1S/C10H13ClOS/c1-7(2)8-4-5-9(12-3)10(6-8)13-11/h4-7H,1-3H3. The van der Waals surface area contributed by atoms with Crippen LogP contribution in [0.25, 0.3) is 0 Å². The van der Waals surface area contributed by atoms with Gasteiger partial charge in [-0.2, -0.15) is 0 Å². The monoisotopic (exact) mass is 216 g/mol. The molecule has 0 aliphatic rings. The third-order valence-corrected chi connectivity index (χ3v) is 2.92. The minimum atomic E-state index is 0.522. The van der Waals surface area contributed by atoms with E-state index >= 15 is 0 Å².